The molecular formula is C86H123N21O19S2. The summed E-state index contributed by atoms with van der Waals surface area (Å²) in [5, 5.41) is 51.1. The number of thiophene rings is 1. The summed E-state index contributed by atoms with van der Waals surface area (Å²) in [6.07, 6.45) is 0.140. The van der Waals surface area contributed by atoms with E-state index in [0.29, 0.717) is 53.3 Å². The van der Waals surface area contributed by atoms with E-state index in [0.717, 1.165) is 41.4 Å². The van der Waals surface area contributed by atoms with Gasteiger partial charge >= 0.3 is 0 Å². The third-order valence-corrected chi connectivity index (χ3v) is 25.0. The Morgan fingerprint density at radius 1 is 0.547 bits per heavy atom. The van der Waals surface area contributed by atoms with Crippen LogP contribution in [0.1, 0.15) is 128 Å². The fraction of sp³-hybridized carbons (Fsp3) is 0.547. The number of thioether (sulfide) groups is 1. The number of aromatic nitrogens is 1. The van der Waals surface area contributed by atoms with Crippen LogP contribution in [0, 0.1) is 5.92 Å². The van der Waals surface area contributed by atoms with E-state index in [9.17, 15) is 63.0 Å². The summed E-state index contributed by atoms with van der Waals surface area (Å²) in [4.78, 5) is 256. The van der Waals surface area contributed by atoms with Crippen molar-refractivity contribution in [2.45, 2.75) is 222 Å². The van der Waals surface area contributed by atoms with Crippen molar-refractivity contribution in [1.82, 2.24) is 82.7 Å². The zero-order valence-corrected chi connectivity index (χ0v) is 75.0. The molecule has 8 rings (SSSR count). The van der Waals surface area contributed by atoms with Crippen LogP contribution in [-0.4, -0.2) is 303 Å². The van der Waals surface area contributed by atoms with Gasteiger partial charge in [0.25, 0.3) is 0 Å². The van der Waals surface area contributed by atoms with Crippen LogP contribution in [0.5, 0.6) is 5.75 Å². The predicted octanol–water partition coefficient (Wildman–Crippen LogP) is -3.15. The van der Waals surface area contributed by atoms with E-state index >= 15 is 28.8 Å². The number of hydrogen-bond acceptors (Lipinski definition) is 24. The minimum Gasteiger partial charge on any atom is -0.508 e. The van der Waals surface area contributed by atoms with Crippen LogP contribution in [0.3, 0.4) is 0 Å². The Labute approximate surface area is 750 Å². The van der Waals surface area contributed by atoms with Gasteiger partial charge in [0.1, 0.15) is 90.3 Å². The predicted molar refractivity (Wildman–Crippen MR) is 477 cm³/mol. The Kier molecular flexibility index (Phi) is 38.4. The number of aromatic amines is 1. The van der Waals surface area contributed by atoms with Crippen molar-refractivity contribution in [2.75, 3.05) is 71.9 Å². The van der Waals surface area contributed by atoms with Crippen molar-refractivity contribution in [3.8, 4) is 5.75 Å². The van der Waals surface area contributed by atoms with E-state index in [1.54, 1.807) is 50.4 Å². The molecule has 17 amide bonds. The number of carbonyl (C=O) groups excluding carboxylic acids is 17. The van der Waals surface area contributed by atoms with E-state index in [-0.39, 0.29) is 89.0 Å². The van der Waals surface area contributed by atoms with Gasteiger partial charge in [-0.25, -0.2) is 0 Å². The molecule has 3 fully saturated rings. The second-order valence-corrected chi connectivity index (χ2v) is 34.9. The molecule has 3 aromatic carbocycles. The first-order valence-electron chi connectivity index (χ1n) is 43.0. The van der Waals surface area contributed by atoms with Crippen LogP contribution in [0.2, 0.25) is 0 Å². The van der Waals surface area contributed by atoms with Gasteiger partial charge < -0.3 is 122 Å². The highest BCUT2D eigenvalue weighted by Gasteiger charge is 2.47. The Hall–Kier alpha value is -11.9. The first kappa shape index (κ1) is 102. The lowest BCUT2D eigenvalue weighted by Crippen LogP contribution is -2.62. The van der Waals surface area contributed by atoms with Crippen molar-refractivity contribution in [3.63, 3.8) is 0 Å². The number of amides is 17. The molecule has 128 heavy (non-hydrogen) atoms. The maximum atomic E-state index is 15.7. The van der Waals surface area contributed by atoms with Crippen molar-refractivity contribution in [3.05, 3.63) is 101 Å². The average Bonchev–Trinajstić information content (AvgIpc) is 0.849. The maximum absolute atomic E-state index is 15.7. The third-order valence-electron chi connectivity index (χ3n) is 23.0. The number of phenols is 1. The summed E-state index contributed by atoms with van der Waals surface area (Å²) < 4.78 is 0.844. The van der Waals surface area contributed by atoms with Crippen molar-refractivity contribution in [1.29, 1.82) is 0 Å². The van der Waals surface area contributed by atoms with Crippen molar-refractivity contribution >= 4 is 145 Å². The number of phenolic OH excluding ortho intramolecular Hbond substituents is 1. The quantitative estimate of drug-likeness (QED) is 0.0307. The van der Waals surface area contributed by atoms with Crippen LogP contribution >= 0.6 is 23.1 Å². The number of rotatable bonds is 23. The Morgan fingerprint density at radius 3 is 1.74 bits per heavy atom. The molecule has 5 heterocycles. The second kappa shape index (κ2) is 48.3. The summed E-state index contributed by atoms with van der Waals surface area (Å²) in [7, 11) is 3.96. The fourth-order valence-electron chi connectivity index (χ4n) is 15.8. The number of nitrogens with one attached hydrogen (secondary N) is 11. The molecule has 5 aromatic rings. The van der Waals surface area contributed by atoms with Gasteiger partial charge in [-0.15, -0.1) is 23.1 Å². The number of primary amides is 2. The molecule has 0 bridgehead atoms. The third kappa shape index (κ3) is 27.6. The molecule has 23 N–H and O–H groups in total. The number of nitrogens with zero attached hydrogens (tertiary/aromatic N) is 5. The van der Waals surface area contributed by atoms with E-state index in [1.165, 1.54) is 68.6 Å². The number of aliphatic hydroxyl groups is 1. The molecule has 42 heteroatoms. The lowest BCUT2D eigenvalue weighted by atomic mass is 9.99. The van der Waals surface area contributed by atoms with Gasteiger partial charge in [-0.2, -0.15) is 0 Å². The van der Waals surface area contributed by atoms with Gasteiger partial charge in [0.05, 0.1) is 24.8 Å². The SMILES string of the molecule is CCCC[C@H]1C(=O)N(C)[C@@H](CCCC)C(=O)N[C@@H](CN)C(=O)N[C@H](C(=O)NCC(N)=O)CSCC(=O)N[C@@H](Cc2ccc(O)cc2)C(=O)N(C)[C@@H](C)C(=O)N[C@@H](CC(N)=O)C(=O)N2CCC[C@H]2C(=O)N[C@@H](CN)C(=O)N[C@@H](CC(C)C)C(=O)N2C[C@H](O)C[C@H]2C(=O)N[C@@H](Cc2c[nH]c3ccccc23)C(=O)N[C@@H](CCN)C(=O)N[C@@H](Cc2csc3ccccc23)C(=O)N1C. The lowest BCUT2D eigenvalue weighted by molar-refractivity contribution is -0.149. The molecule has 2 aromatic heterocycles. The molecule has 698 valence electrons. The standard InChI is InChI=1S/C86H123N21O19S2/c1-9-11-21-65-79(119)100-63(39-89)78(118)102-64(74(114)93-41-71(91)111)44-127-45-72(112)94-59(33-48-25-27-51(108)28-26-48)82(122)103(6)47(5)73(113)97-61(37-70(90)110)84(124)106-31-17-23-66(106)80(120)101-62(38-88)77(117)98-58(32-46(3)4)85(125)107-42-52(109)36-68(107)81(121)96-57(34-49-40-92-55-20-15-13-18-53(49)55)76(116)95-56(29-30-87)75(115)99-60(35-50-43-128-69-24-16-14-19-54(50)69)83(123)105(8)67(22-12-10-2)86(126)104(65)7/h13-16,18-20,24-28,40,43,46-47,52,56-68,92,108-109H,9-12,17,21-23,29-39,41-42,44-45,87-89H2,1-8H3,(H2,90,110)(H2,91,111)(H,93,114)(H,94,112)(H,95,116)(H,96,121)(H,97,113)(H,98,117)(H,99,115)(H,100,119)(H,101,120)(H,102,118)/t47-,52+,56-,57-,58-,59-,60-,61-,62-,63-,64-,65-,66-,67-,68-/m0/s1. The van der Waals surface area contributed by atoms with Crippen LogP contribution in [0.4, 0.5) is 0 Å². The van der Waals surface area contributed by atoms with Crippen LogP contribution in [-0.2, 0) is 101 Å². The van der Waals surface area contributed by atoms with Crippen LogP contribution < -0.4 is 81.8 Å². The topological polar surface area (TPSA) is 613 Å². The average molecular weight is 1820 g/mol. The van der Waals surface area contributed by atoms with Crippen molar-refractivity contribution in [2.24, 2.45) is 34.6 Å². The molecule has 15 atom stereocenters. The fourth-order valence-corrected chi connectivity index (χ4v) is 17.6. The molecule has 0 radical (unpaired) electrons. The summed E-state index contributed by atoms with van der Waals surface area (Å²) in [6.45, 7) is 5.84. The van der Waals surface area contributed by atoms with E-state index < -0.39 is 235 Å². The number of para-hydroxylation sites is 1. The number of carbonyl (C=O) groups is 17. The summed E-state index contributed by atoms with van der Waals surface area (Å²) in [5.74, 6) is -17.0. The first-order chi connectivity index (χ1) is 60.9. The highest BCUT2D eigenvalue weighted by molar-refractivity contribution is 8.00. The highest BCUT2D eigenvalue weighted by Crippen LogP contribution is 2.30. The summed E-state index contributed by atoms with van der Waals surface area (Å²) in [6, 6.07) is -1.12. The van der Waals surface area contributed by atoms with E-state index in [2.05, 4.69) is 58.2 Å². The molecular weight excluding hydrogens is 1700 g/mol. The number of benzene rings is 3. The Bertz CT molecular complexity index is 4800. The van der Waals surface area contributed by atoms with Gasteiger partial charge in [-0.3, -0.25) is 81.5 Å². The van der Waals surface area contributed by atoms with Gasteiger partial charge in [-0.1, -0.05) is 102 Å². The summed E-state index contributed by atoms with van der Waals surface area (Å²) >= 11 is 2.14. The number of fused-ring (bicyclic) bond motifs is 4. The number of unbranched alkanes of at least 4 members (excludes halogenated alkanes) is 2. The number of nitrogens with two attached hydrogens (primary N) is 5. The summed E-state index contributed by atoms with van der Waals surface area (Å²) in [5.41, 5.74) is 31.9. The zero-order valence-electron chi connectivity index (χ0n) is 73.4. The number of H-pyrrole nitrogens is 1. The number of aliphatic hydroxyl groups excluding tert-OH is 1. The second-order valence-electron chi connectivity index (χ2n) is 33.0. The number of aromatic hydroxyl groups is 1. The van der Waals surface area contributed by atoms with Gasteiger partial charge in [-0.05, 0) is 110 Å². The highest BCUT2D eigenvalue weighted by atomic mass is 32.2. The molecule has 0 spiro atoms. The normalized spacial score (nSPS) is 25.5. The number of likely N-dealkylation sites (N-methyl/N-ethyl adjacent to an activating group) is 3. The minimum absolute atomic E-state index is 0.00602. The Balaban J connectivity index is 1.17. The van der Waals surface area contributed by atoms with Gasteiger partial charge in [0, 0.05) is 101 Å². The first-order valence-corrected chi connectivity index (χ1v) is 45.1. The smallest absolute Gasteiger partial charge is 0.246 e. The maximum Gasteiger partial charge on any atom is 0.246 e. The number of hydrogen-bond donors (Lipinski definition) is 18. The minimum atomic E-state index is -1.76. The lowest BCUT2D eigenvalue weighted by Gasteiger charge is -2.36. The molecule has 3 saturated heterocycles. The molecule has 3 aliphatic rings. The van der Waals surface area contributed by atoms with E-state index in [4.69, 9.17) is 28.7 Å². The zero-order chi connectivity index (χ0) is 93.9. The van der Waals surface area contributed by atoms with Crippen molar-refractivity contribution < 1.29 is 91.7 Å². The molecule has 40 nitrogen and oxygen atoms in total. The Morgan fingerprint density at radius 2 is 1.09 bits per heavy atom. The largest absolute Gasteiger partial charge is 0.508 e. The monoisotopic (exact) mass is 1820 g/mol. The molecule has 0 unspecified atom stereocenters. The van der Waals surface area contributed by atoms with Gasteiger partial charge in [0.15, 0.2) is 0 Å². The van der Waals surface area contributed by atoms with Crippen LogP contribution in [0.15, 0.2) is 84.4 Å². The van der Waals surface area contributed by atoms with Crippen LogP contribution in [0.25, 0.3) is 21.0 Å². The van der Waals surface area contributed by atoms with E-state index in [1.807, 2.05) is 37.4 Å². The van der Waals surface area contributed by atoms with Gasteiger partial charge in [0.2, 0.25) is 100 Å². The molecule has 0 saturated carbocycles. The molecule has 0 aliphatic carbocycles. The molecule has 3 aliphatic heterocycles.